The third kappa shape index (κ3) is 5.41. The number of carbonyl (C=O) groups is 1. The molecule has 2 aromatic carbocycles. The van der Waals surface area contributed by atoms with Gasteiger partial charge in [0.2, 0.25) is 5.91 Å². The third-order valence-electron chi connectivity index (χ3n) is 4.11. The fourth-order valence-electron chi connectivity index (χ4n) is 2.53. The van der Waals surface area contributed by atoms with Gasteiger partial charge in [-0.15, -0.1) is 0 Å². The Morgan fingerprint density at radius 2 is 1.69 bits per heavy atom. The Morgan fingerprint density at radius 3 is 2.27 bits per heavy atom. The van der Waals surface area contributed by atoms with E-state index in [0.717, 1.165) is 5.69 Å². The Bertz CT molecular complexity index is 734. The predicted molar refractivity (Wildman–Crippen MR) is 106 cm³/mol. The fourth-order valence-corrected chi connectivity index (χ4v) is 2.53. The van der Waals surface area contributed by atoms with Gasteiger partial charge in [-0.05, 0) is 35.2 Å². The molecule has 0 spiro atoms. The van der Waals surface area contributed by atoms with Crippen LogP contribution >= 0.6 is 0 Å². The summed E-state index contributed by atoms with van der Waals surface area (Å²) < 4.78 is 10.5. The first kappa shape index (κ1) is 19.6. The normalized spacial score (nSPS) is 11.0. The number of methoxy groups -OCH3 is 2. The van der Waals surface area contributed by atoms with Crippen LogP contribution in [0.5, 0.6) is 11.5 Å². The Morgan fingerprint density at radius 1 is 1.00 bits per heavy atom. The van der Waals surface area contributed by atoms with E-state index in [1.807, 2.05) is 12.1 Å². The van der Waals surface area contributed by atoms with Crippen molar-refractivity contribution >= 4 is 17.3 Å². The van der Waals surface area contributed by atoms with E-state index in [4.69, 9.17) is 9.47 Å². The first-order chi connectivity index (χ1) is 12.3. The number of anilines is 2. The van der Waals surface area contributed by atoms with E-state index in [0.29, 0.717) is 30.2 Å². The van der Waals surface area contributed by atoms with Crippen molar-refractivity contribution in [1.29, 1.82) is 0 Å². The highest BCUT2D eigenvalue weighted by Gasteiger charge is 2.13. The minimum Gasteiger partial charge on any atom is -0.497 e. The summed E-state index contributed by atoms with van der Waals surface area (Å²) in [5.74, 6) is 1.18. The zero-order valence-corrected chi connectivity index (χ0v) is 16.2. The molecule has 0 unspecified atom stereocenters. The first-order valence-corrected chi connectivity index (χ1v) is 8.70. The second-order valence-corrected chi connectivity index (χ2v) is 7.12. The number of rotatable bonds is 7. The molecule has 0 aromatic heterocycles. The fraction of sp³-hybridized carbons (Fsp3) is 0.381. The van der Waals surface area contributed by atoms with Gasteiger partial charge in [0, 0.05) is 24.7 Å². The van der Waals surface area contributed by atoms with Crippen molar-refractivity contribution in [1.82, 2.24) is 0 Å². The number of ether oxygens (including phenoxy) is 2. The van der Waals surface area contributed by atoms with Crippen LogP contribution in [-0.4, -0.2) is 26.7 Å². The van der Waals surface area contributed by atoms with Gasteiger partial charge in [0.05, 0.1) is 19.9 Å². The van der Waals surface area contributed by atoms with E-state index in [1.165, 1.54) is 5.56 Å². The zero-order valence-electron chi connectivity index (χ0n) is 16.2. The van der Waals surface area contributed by atoms with Crippen molar-refractivity contribution in [3.8, 4) is 11.5 Å². The monoisotopic (exact) mass is 356 g/mol. The van der Waals surface area contributed by atoms with Gasteiger partial charge in [0.1, 0.15) is 11.5 Å². The molecular weight excluding hydrogens is 328 g/mol. The predicted octanol–water partition coefficient (Wildman–Crippen LogP) is 4.44. The number of nitrogens with one attached hydrogen (secondary N) is 2. The molecule has 1 amide bonds. The lowest BCUT2D eigenvalue weighted by Gasteiger charge is -2.19. The molecule has 0 saturated heterocycles. The number of amides is 1. The van der Waals surface area contributed by atoms with Crippen molar-refractivity contribution in [2.75, 3.05) is 31.4 Å². The largest absolute Gasteiger partial charge is 0.497 e. The van der Waals surface area contributed by atoms with Crippen molar-refractivity contribution in [3.05, 3.63) is 48.0 Å². The highest BCUT2D eigenvalue weighted by atomic mass is 16.5. The van der Waals surface area contributed by atoms with Crippen LogP contribution in [0.2, 0.25) is 0 Å². The van der Waals surface area contributed by atoms with Crippen molar-refractivity contribution in [2.24, 2.45) is 0 Å². The molecular formula is C21H28N2O3. The molecule has 0 fully saturated rings. The number of carbonyl (C=O) groups excluding carboxylic acids is 1. The first-order valence-electron chi connectivity index (χ1n) is 8.70. The molecule has 5 heteroatoms. The van der Waals surface area contributed by atoms with Gasteiger partial charge in [-0.1, -0.05) is 32.9 Å². The van der Waals surface area contributed by atoms with E-state index < -0.39 is 0 Å². The van der Waals surface area contributed by atoms with E-state index in [2.05, 4.69) is 43.5 Å². The second kappa shape index (κ2) is 8.61. The van der Waals surface area contributed by atoms with Crippen LogP contribution in [0, 0.1) is 0 Å². The SMILES string of the molecule is COc1ccc(OC)c(NC(=O)CCNc2ccc(C(C)(C)C)cc2)c1. The average Bonchev–Trinajstić information content (AvgIpc) is 2.61. The molecule has 5 nitrogen and oxygen atoms in total. The van der Waals surface area contributed by atoms with E-state index in [-0.39, 0.29) is 11.3 Å². The van der Waals surface area contributed by atoms with Crippen LogP contribution in [0.15, 0.2) is 42.5 Å². The summed E-state index contributed by atoms with van der Waals surface area (Å²) in [6, 6.07) is 13.6. The maximum atomic E-state index is 12.2. The van der Waals surface area contributed by atoms with Crippen molar-refractivity contribution in [3.63, 3.8) is 0 Å². The summed E-state index contributed by atoms with van der Waals surface area (Å²) in [5, 5.41) is 6.14. The molecule has 0 heterocycles. The highest BCUT2D eigenvalue weighted by molar-refractivity contribution is 5.92. The van der Waals surface area contributed by atoms with Gasteiger partial charge in [0.15, 0.2) is 0 Å². The maximum Gasteiger partial charge on any atom is 0.226 e. The molecule has 140 valence electrons. The Labute approximate surface area is 155 Å². The summed E-state index contributed by atoms with van der Waals surface area (Å²) in [6.07, 6.45) is 0.349. The minimum atomic E-state index is -0.0876. The van der Waals surface area contributed by atoms with Crippen LogP contribution in [0.1, 0.15) is 32.8 Å². The molecule has 0 atom stereocenters. The molecule has 0 aliphatic rings. The summed E-state index contributed by atoms with van der Waals surface area (Å²) >= 11 is 0. The second-order valence-electron chi connectivity index (χ2n) is 7.12. The Balaban J connectivity index is 1.87. The van der Waals surface area contributed by atoms with Crippen LogP contribution in [0.3, 0.4) is 0 Å². The Kier molecular flexibility index (Phi) is 6.50. The maximum absolute atomic E-state index is 12.2. The average molecular weight is 356 g/mol. The van der Waals surface area contributed by atoms with E-state index in [9.17, 15) is 4.79 Å². The quantitative estimate of drug-likeness (QED) is 0.770. The van der Waals surface area contributed by atoms with Crippen LogP contribution in [0.25, 0.3) is 0 Å². The topological polar surface area (TPSA) is 59.6 Å². The highest BCUT2D eigenvalue weighted by Crippen LogP contribution is 2.29. The van der Waals surface area contributed by atoms with Gasteiger partial charge in [-0.2, -0.15) is 0 Å². The molecule has 0 bridgehead atoms. The van der Waals surface area contributed by atoms with E-state index >= 15 is 0 Å². The summed E-state index contributed by atoms with van der Waals surface area (Å²) in [4.78, 5) is 12.2. The minimum absolute atomic E-state index is 0.0876. The van der Waals surface area contributed by atoms with Gasteiger partial charge in [-0.3, -0.25) is 4.79 Å². The van der Waals surface area contributed by atoms with Crippen molar-refractivity contribution in [2.45, 2.75) is 32.6 Å². The van der Waals surface area contributed by atoms with Crippen LogP contribution in [-0.2, 0) is 10.2 Å². The van der Waals surface area contributed by atoms with Gasteiger partial charge < -0.3 is 20.1 Å². The molecule has 2 N–H and O–H groups in total. The summed E-state index contributed by atoms with van der Waals surface area (Å²) in [6.45, 7) is 7.11. The number of hydrogen-bond donors (Lipinski definition) is 2. The lowest BCUT2D eigenvalue weighted by Crippen LogP contribution is -2.17. The molecule has 0 aliphatic carbocycles. The van der Waals surface area contributed by atoms with Gasteiger partial charge >= 0.3 is 0 Å². The van der Waals surface area contributed by atoms with Gasteiger partial charge in [-0.25, -0.2) is 0 Å². The molecule has 2 rings (SSSR count). The lowest BCUT2D eigenvalue weighted by molar-refractivity contribution is -0.116. The molecule has 0 aliphatic heterocycles. The number of hydrogen-bond acceptors (Lipinski definition) is 4. The van der Waals surface area contributed by atoms with Crippen molar-refractivity contribution < 1.29 is 14.3 Å². The number of benzene rings is 2. The molecule has 2 aromatic rings. The zero-order chi connectivity index (χ0) is 19.2. The molecule has 0 radical (unpaired) electrons. The van der Waals surface area contributed by atoms with E-state index in [1.54, 1.807) is 32.4 Å². The smallest absolute Gasteiger partial charge is 0.226 e. The lowest BCUT2D eigenvalue weighted by atomic mass is 9.87. The summed E-state index contributed by atoms with van der Waals surface area (Å²) in [5.41, 5.74) is 3.02. The van der Waals surface area contributed by atoms with Crippen LogP contribution in [0.4, 0.5) is 11.4 Å². The molecule has 26 heavy (non-hydrogen) atoms. The van der Waals surface area contributed by atoms with Crippen LogP contribution < -0.4 is 20.1 Å². The Hall–Kier alpha value is -2.69. The standard InChI is InChI=1S/C21H28N2O3/c1-21(2,3)15-6-8-16(9-7-15)22-13-12-20(24)23-18-14-17(25-4)10-11-19(18)26-5/h6-11,14,22H,12-13H2,1-5H3,(H,23,24). The molecule has 0 saturated carbocycles. The van der Waals surface area contributed by atoms with Gasteiger partial charge in [0.25, 0.3) is 0 Å². The third-order valence-corrected chi connectivity index (χ3v) is 4.11. The summed E-state index contributed by atoms with van der Waals surface area (Å²) in [7, 11) is 3.16.